The van der Waals surface area contributed by atoms with Crippen LogP contribution >= 0.6 is 11.8 Å². The number of β-amino-alcohol motifs (C(OH)–C–C–N with tert-alkyl or cyclic N) is 1. The lowest BCUT2D eigenvalue weighted by atomic mass is 9.91. The molecule has 1 atom stereocenters. The number of aromatic nitrogens is 4. The van der Waals surface area contributed by atoms with Gasteiger partial charge in [-0.15, -0.1) is 0 Å². The van der Waals surface area contributed by atoms with E-state index in [1.54, 1.807) is 30.4 Å². The van der Waals surface area contributed by atoms with Gasteiger partial charge in [-0.25, -0.2) is 15.0 Å². The van der Waals surface area contributed by atoms with Gasteiger partial charge in [0.05, 0.1) is 6.10 Å². The van der Waals surface area contributed by atoms with Gasteiger partial charge in [0.15, 0.2) is 0 Å². The number of pyridine rings is 1. The van der Waals surface area contributed by atoms with E-state index in [1.807, 2.05) is 42.2 Å². The SMILES string of the molecule is CSC.Cc1ncc(-c2ccc3nc(C(=O)NCC(O)CN4CCC5=CCCC=C5C4)cn3c2)cn1. The highest BCUT2D eigenvalue weighted by atomic mass is 32.2. The van der Waals surface area contributed by atoms with Crippen LogP contribution in [0.15, 0.2) is 60.2 Å². The van der Waals surface area contributed by atoms with Gasteiger partial charge in [0.25, 0.3) is 5.91 Å². The van der Waals surface area contributed by atoms with Crippen molar-refractivity contribution < 1.29 is 9.90 Å². The van der Waals surface area contributed by atoms with Crippen molar-refractivity contribution in [2.45, 2.75) is 32.3 Å². The van der Waals surface area contributed by atoms with Gasteiger partial charge in [0, 0.05) is 62.1 Å². The highest BCUT2D eigenvalue weighted by molar-refractivity contribution is 7.97. The van der Waals surface area contributed by atoms with Crippen LogP contribution in [0.25, 0.3) is 16.8 Å². The summed E-state index contributed by atoms with van der Waals surface area (Å²) in [7, 11) is 0. The number of carbonyl (C=O) groups excluding carboxylic acids is 1. The Morgan fingerprint density at radius 1 is 1.11 bits per heavy atom. The Labute approximate surface area is 216 Å². The van der Waals surface area contributed by atoms with Gasteiger partial charge >= 0.3 is 0 Å². The second-order valence-corrected chi connectivity index (χ2v) is 9.94. The molecule has 190 valence electrons. The van der Waals surface area contributed by atoms with E-state index in [0.29, 0.717) is 17.9 Å². The highest BCUT2D eigenvalue weighted by Crippen LogP contribution is 2.27. The van der Waals surface area contributed by atoms with Crippen LogP contribution in [0.3, 0.4) is 0 Å². The van der Waals surface area contributed by atoms with Crippen LogP contribution in [0.5, 0.6) is 0 Å². The number of piperidine rings is 1. The quantitative estimate of drug-likeness (QED) is 0.528. The monoisotopic (exact) mass is 506 g/mol. The number of aryl methyl sites for hydroxylation is 1. The predicted molar refractivity (Wildman–Crippen MR) is 145 cm³/mol. The molecule has 1 saturated heterocycles. The van der Waals surface area contributed by atoms with Gasteiger partial charge in [-0.2, -0.15) is 11.8 Å². The number of imidazole rings is 1. The smallest absolute Gasteiger partial charge is 0.271 e. The molecule has 36 heavy (non-hydrogen) atoms. The fourth-order valence-electron chi connectivity index (χ4n) is 4.44. The molecule has 0 bridgehead atoms. The van der Waals surface area contributed by atoms with Crippen LogP contribution in [0, 0.1) is 6.92 Å². The summed E-state index contributed by atoms with van der Waals surface area (Å²) in [6, 6.07) is 3.79. The summed E-state index contributed by atoms with van der Waals surface area (Å²) in [6.45, 7) is 4.39. The first kappa shape index (κ1) is 26.1. The van der Waals surface area contributed by atoms with Gasteiger partial charge in [-0.3, -0.25) is 9.69 Å². The first-order chi connectivity index (χ1) is 17.5. The topological polar surface area (TPSA) is 95.6 Å². The normalized spacial score (nSPS) is 16.3. The molecule has 2 N–H and O–H groups in total. The molecule has 0 spiro atoms. The number of aliphatic hydroxyl groups excluding tert-OH is 1. The lowest BCUT2D eigenvalue weighted by molar-refractivity contribution is 0.0859. The average Bonchev–Trinajstić information content (AvgIpc) is 3.32. The Morgan fingerprint density at radius 2 is 1.83 bits per heavy atom. The standard InChI is InChI=1S/C25H28N6O2.C2H6S/c1-17-26-10-21(11-27-17)20-6-7-24-29-23(16-31(24)14-20)25(33)28-12-22(32)15-30-9-8-18-4-2-3-5-19(18)13-30;1-3-2/h4-7,10-11,14,16,22,32H,2-3,8-9,12-13,15H2,1H3,(H,28,33);1-2H3. The van der Waals surface area contributed by atoms with Crippen molar-refractivity contribution >= 4 is 23.3 Å². The summed E-state index contributed by atoms with van der Waals surface area (Å²) >= 11 is 1.75. The third-order valence-electron chi connectivity index (χ3n) is 6.22. The van der Waals surface area contributed by atoms with Crippen LogP contribution in [-0.2, 0) is 0 Å². The Hall–Kier alpha value is -3.01. The lowest BCUT2D eigenvalue weighted by Crippen LogP contribution is -2.43. The molecule has 5 rings (SSSR count). The maximum absolute atomic E-state index is 12.6. The fourth-order valence-corrected chi connectivity index (χ4v) is 4.44. The van der Waals surface area contributed by atoms with E-state index in [9.17, 15) is 9.90 Å². The van der Waals surface area contributed by atoms with Crippen molar-refractivity contribution in [3.05, 3.63) is 71.7 Å². The number of likely N-dealkylation sites (tertiary alicyclic amines) is 1. The number of aliphatic hydroxyl groups is 1. The van der Waals surface area contributed by atoms with Crippen molar-refractivity contribution in [3.63, 3.8) is 0 Å². The van der Waals surface area contributed by atoms with E-state index >= 15 is 0 Å². The maximum Gasteiger partial charge on any atom is 0.271 e. The van der Waals surface area contributed by atoms with Gasteiger partial charge < -0.3 is 14.8 Å². The number of hydrogen-bond donors (Lipinski definition) is 2. The van der Waals surface area contributed by atoms with Crippen molar-refractivity contribution in [1.82, 2.24) is 29.6 Å². The molecule has 0 aromatic carbocycles. The minimum Gasteiger partial charge on any atom is -0.390 e. The Bertz CT molecular complexity index is 1250. The molecule has 4 heterocycles. The first-order valence-electron chi connectivity index (χ1n) is 12.2. The molecule has 0 saturated carbocycles. The average molecular weight is 507 g/mol. The largest absolute Gasteiger partial charge is 0.390 e. The second kappa shape index (κ2) is 12.3. The third-order valence-corrected chi connectivity index (χ3v) is 6.22. The number of amides is 1. The molecule has 8 nitrogen and oxygen atoms in total. The van der Waals surface area contributed by atoms with E-state index in [2.05, 4.69) is 37.3 Å². The maximum atomic E-state index is 12.6. The minimum atomic E-state index is -0.631. The number of thioether (sulfide) groups is 1. The summed E-state index contributed by atoms with van der Waals surface area (Å²) < 4.78 is 1.82. The summed E-state index contributed by atoms with van der Waals surface area (Å²) in [5.41, 5.74) is 5.69. The predicted octanol–water partition coefficient (Wildman–Crippen LogP) is 3.52. The number of rotatable bonds is 6. The van der Waals surface area contributed by atoms with E-state index in [1.165, 1.54) is 11.1 Å². The molecular formula is C27H34N6O2S. The van der Waals surface area contributed by atoms with Gasteiger partial charge in [-0.1, -0.05) is 12.2 Å². The van der Waals surface area contributed by atoms with Crippen molar-refractivity contribution in [2.75, 3.05) is 38.7 Å². The van der Waals surface area contributed by atoms with Gasteiger partial charge in [-0.05, 0) is 62.0 Å². The van der Waals surface area contributed by atoms with Crippen molar-refractivity contribution in [1.29, 1.82) is 0 Å². The van der Waals surface area contributed by atoms with Crippen molar-refractivity contribution in [3.8, 4) is 11.1 Å². The molecule has 1 unspecified atom stereocenters. The van der Waals surface area contributed by atoms with Crippen LogP contribution < -0.4 is 5.32 Å². The summed E-state index contributed by atoms with van der Waals surface area (Å²) in [6.07, 6.45) is 18.5. The number of carbonyl (C=O) groups is 1. The Balaban J connectivity index is 0.000000967. The molecule has 1 aliphatic heterocycles. The lowest BCUT2D eigenvalue weighted by Gasteiger charge is -2.33. The van der Waals surface area contributed by atoms with E-state index < -0.39 is 6.10 Å². The molecule has 1 fully saturated rings. The van der Waals surface area contributed by atoms with Crippen LogP contribution in [0.1, 0.15) is 35.6 Å². The van der Waals surface area contributed by atoms with Gasteiger partial charge in [0.1, 0.15) is 17.2 Å². The molecular weight excluding hydrogens is 472 g/mol. The Kier molecular flexibility index (Phi) is 8.90. The zero-order valence-electron chi connectivity index (χ0n) is 21.1. The zero-order valence-corrected chi connectivity index (χ0v) is 22.0. The van der Waals surface area contributed by atoms with Gasteiger partial charge in [0.2, 0.25) is 0 Å². The van der Waals surface area contributed by atoms with E-state index in [-0.39, 0.29) is 12.5 Å². The fraction of sp³-hybridized carbons (Fsp3) is 0.407. The van der Waals surface area contributed by atoms with Crippen LogP contribution in [-0.4, -0.2) is 80.1 Å². The second-order valence-electron chi connectivity index (χ2n) is 9.12. The van der Waals surface area contributed by atoms with Crippen LogP contribution in [0.4, 0.5) is 0 Å². The molecule has 2 aliphatic rings. The molecule has 9 heteroatoms. The number of nitrogens with zero attached hydrogens (tertiary/aromatic N) is 5. The molecule has 3 aromatic rings. The molecule has 1 aliphatic carbocycles. The third kappa shape index (κ3) is 6.60. The number of hydrogen-bond acceptors (Lipinski definition) is 7. The summed E-state index contributed by atoms with van der Waals surface area (Å²) in [5.74, 6) is 0.424. The molecule has 0 radical (unpaired) electrons. The van der Waals surface area contributed by atoms with Crippen molar-refractivity contribution in [2.24, 2.45) is 0 Å². The molecule has 1 amide bonds. The highest BCUT2D eigenvalue weighted by Gasteiger charge is 2.22. The first-order valence-corrected chi connectivity index (χ1v) is 13.8. The van der Waals surface area contributed by atoms with E-state index in [4.69, 9.17) is 0 Å². The van der Waals surface area contributed by atoms with E-state index in [0.717, 1.165) is 49.3 Å². The summed E-state index contributed by atoms with van der Waals surface area (Å²) in [4.78, 5) is 27.8. The zero-order chi connectivity index (χ0) is 25.5. The number of allylic oxidation sites excluding steroid dienone is 2. The number of nitrogens with one attached hydrogen (secondary N) is 1. The molecule has 3 aromatic heterocycles. The summed E-state index contributed by atoms with van der Waals surface area (Å²) in [5, 5.41) is 13.3. The number of fused-ring (bicyclic) bond motifs is 2. The van der Waals surface area contributed by atoms with Crippen LogP contribution in [0.2, 0.25) is 0 Å². The Morgan fingerprint density at radius 3 is 2.58 bits per heavy atom. The minimum absolute atomic E-state index is 0.191.